The van der Waals surface area contributed by atoms with Gasteiger partial charge in [-0.1, -0.05) is 6.92 Å². The van der Waals surface area contributed by atoms with Crippen molar-refractivity contribution < 1.29 is 4.40 Å². The Kier molecular flexibility index (Phi) is 2.01. The van der Waals surface area contributed by atoms with Crippen molar-refractivity contribution in [2.24, 2.45) is 7.05 Å². The first-order chi connectivity index (χ1) is 7.69. The first-order valence-electron chi connectivity index (χ1n) is 5.46. The average Bonchev–Trinajstić information content (AvgIpc) is 2.75. The van der Waals surface area contributed by atoms with Crippen LogP contribution in [-0.2, 0) is 13.5 Å². The van der Waals surface area contributed by atoms with Crippen LogP contribution in [0.4, 0.5) is 0 Å². The molecule has 0 spiro atoms. The molecule has 0 bridgehead atoms. The number of nitrogens with zero attached hydrogens (tertiary/aromatic N) is 3. The van der Waals surface area contributed by atoms with Gasteiger partial charge in [-0.3, -0.25) is 0 Å². The highest BCUT2D eigenvalue weighted by atomic mass is 32.1. The van der Waals surface area contributed by atoms with Crippen LogP contribution in [0.3, 0.4) is 0 Å². The van der Waals surface area contributed by atoms with Crippen LogP contribution in [0, 0.1) is 6.92 Å². The van der Waals surface area contributed by atoms with E-state index in [9.17, 15) is 0 Å². The van der Waals surface area contributed by atoms with Crippen molar-refractivity contribution >= 4 is 27.2 Å². The molecule has 3 rings (SSSR count). The molecule has 0 aliphatic carbocycles. The first kappa shape index (κ1) is 9.78. The summed E-state index contributed by atoms with van der Waals surface area (Å²) in [6.45, 7) is 4.23. The first-order valence-corrected chi connectivity index (χ1v) is 6.27. The normalized spacial score (nSPS) is 11.7. The van der Waals surface area contributed by atoms with Crippen molar-refractivity contribution in [3.63, 3.8) is 0 Å². The summed E-state index contributed by atoms with van der Waals surface area (Å²) in [5.41, 5.74) is 3.65. The van der Waals surface area contributed by atoms with Crippen LogP contribution < -0.4 is 4.40 Å². The highest BCUT2D eigenvalue weighted by molar-refractivity contribution is 7.18. The molecule has 3 aromatic rings. The molecule has 0 unspecified atom stereocenters. The molecule has 0 radical (unpaired) electrons. The maximum absolute atomic E-state index is 4.53. The predicted molar refractivity (Wildman–Crippen MR) is 65.9 cm³/mol. The van der Waals surface area contributed by atoms with E-state index in [0.717, 1.165) is 16.9 Å². The Morgan fingerprint density at radius 1 is 1.44 bits per heavy atom. The molecular formula is C12H14N3S+. The summed E-state index contributed by atoms with van der Waals surface area (Å²) in [6, 6.07) is 2.16. The Morgan fingerprint density at radius 3 is 3.00 bits per heavy atom. The third-order valence-corrected chi connectivity index (χ3v) is 3.92. The smallest absolute Gasteiger partial charge is 0.241 e. The third kappa shape index (κ3) is 1.26. The monoisotopic (exact) mass is 232 g/mol. The molecular weight excluding hydrogens is 218 g/mol. The quantitative estimate of drug-likeness (QED) is 0.590. The van der Waals surface area contributed by atoms with Gasteiger partial charge in [0.05, 0.1) is 28.3 Å². The largest absolute Gasteiger partial charge is 0.288 e. The van der Waals surface area contributed by atoms with Gasteiger partial charge in [0.2, 0.25) is 0 Å². The molecule has 0 saturated carbocycles. The van der Waals surface area contributed by atoms with E-state index in [-0.39, 0.29) is 0 Å². The van der Waals surface area contributed by atoms with E-state index in [1.54, 1.807) is 11.3 Å². The van der Waals surface area contributed by atoms with E-state index in [0.29, 0.717) is 0 Å². The van der Waals surface area contributed by atoms with E-state index in [4.69, 9.17) is 0 Å². The molecule has 0 N–H and O–H groups in total. The fourth-order valence-electron chi connectivity index (χ4n) is 2.14. The van der Waals surface area contributed by atoms with Gasteiger partial charge in [-0.2, -0.15) is 0 Å². The van der Waals surface area contributed by atoms with Crippen molar-refractivity contribution in [1.82, 2.24) is 9.55 Å². The zero-order chi connectivity index (χ0) is 11.3. The molecule has 3 heterocycles. The molecule has 4 heteroatoms. The van der Waals surface area contributed by atoms with Gasteiger partial charge in [-0.15, -0.1) is 11.3 Å². The van der Waals surface area contributed by atoms with E-state index in [1.807, 2.05) is 0 Å². The lowest BCUT2D eigenvalue weighted by atomic mass is 10.4. The molecule has 0 fully saturated rings. The number of imidazole rings is 1. The Hall–Kier alpha value is -1.42. The Balaban J connectivity index is 2.42. The second kappa shape index (κ2) is 3.28. The lowest BCUT2D eigenvalue weighted by Gasteiger charge is -1.90. The minimum Gasteiger partial charge on any atom is -0.241 e. The number of rotatable bonds is 1. The lowest BCUT2D eigenvalue weighted by Crippen LogP contribution is -2.17. The molecule has 0 amide bonds. The lowest BCUT2D eigenvalue weighted by molar-refractivity contribution is -0.509. The fraction of sp³-hybridized carbons (Fsp3) is 0.333. The van der Waals surface area contributed by atoms with Gasteiger partial charge in [0.25, 0.3) is 5.65 Å². The molecule has 3 aromatic heterocycles. The summed E-state index contributed by atoms with van der Waals surface area (Å²) < 4.78 is 5.68. The highest BCUT2D eigenvalue weighted by Gasteiger charge is 2.15. The van der Waals surface area contributed by atoms with Gasteiger partial charge in [-0.25, -0.2) is 14.0 Å². The Labute approximate surface area is 98.0 Å². The van der Waals surface area contributed by atoms with Gasteiger partial charge >= 0.3 is 0 Å². The number of pyridine rings is 1. The number of fused-ring (bicyclic) bond motifs is 2. The summed E-state index contributed by atoms with van der Waals surface area (Å²) in [7, 11) is 2.11. The van der Waals surface area contributed by atoms with Crippen LogP contribution in [0.15, 0.2) is 18.5 Å². The molecule has 0 saturated heterocycles. The van der Waals surface area contributed by atoms with Crippen molar-refractivity contribution in [2.75, 3.05) is 0 Å². The van der Waals surface area contributed by atoms with Crippen LogP contribution in [0.2, 0.25) is 0 Å². The Bertz CT molecular complexity index is 678. The summed E-state index contributed by atoms with van der Waals surface area (Å²) in [6.07, 6.45) is 5.43. The summed E-state index contributed by atoms with van der Waals surface area (Å²) in [5.74, 6) is 0. The predicted octanol–water partition coefficient (Wildman–Crippen LogP) is 2.24. The molecule has 3 nitrogen and oxygen atoms in total. The number of hydrogen-bond acceptors (Lipinski definition) is 2. The van der Waals surface area contributed by atoms with E-state index in [1.165, 1.54) is 16.0 Å². The molecule has 16 heavy (non-hydrogen) atoms. The van der Waals surface area contributed by atoms with Gasteiger partial charge in [-0.05, 0) is 6.92 Å². The van der Waals surface area contributed by atoms with Crippen LogP contribution in [0.1, 0.15) is 17.6 Å². The van der Waals surface area contributed by atoms with E-state index in [2.05, 4.69) is 53.3 Å². The summed E-state index contributed by atoms with van der Waals surface area (Å²) in [5, 5.41) is 1.13. The molecule has 0 aliphatic rings. The van der Waals surface area contributed by atoms with Gasteiger partial charge in [0, 0.05) is 6.42 Å². The third-order valence-electron chi connectivity index (χ3n) is 3.00. The Morgan fingerprint density at radius 2 is 2.25 bits per heavy atom. The summed E-state index contributed by atoms with van der Waals surface area (Å²) >= 11 is 1.75. The van der Waals surface area contributed by atoms with Crippen LogP contribution in [0.25, 0.3) is 15.9 Å². The zero-order valence-electron chi connectivity index (χ0n) is 9.69. The zero-order valence-corrected chi connectivity index (χ0v) is 10.5. The standard InChI is InChI=1S/C12H14N3S/c1-4-9-6-15-7-11-10(13-8(2)16-11)5-12(15)14(9)3/h5-7H,4H2,1-3H3/q+1. The van der Waals surface area contributed by atoms with Crippen LogP contribution in [0.5, 0.6) is 0 Å². The van der Waals surface area contributed by atoms with Crippen molar-refractivity contribution in [3.05, 3.63) is 29.2 Å². The average molecular weight is 232 g/mol. The number of hydrogen-bond donors (Lipinski definition) is 0. The maximum atomic E-state index is 4.53. The number of thiazole rings is 1. The van der Waals surface area contributed by atoms with Gasteiger partial charge in [0.1, 0.15) is 18.1 Å². The van der Waals surface area contributed by atoms with Crippen molar-refractivity contribution in [1.29, 1.82) is 0 Å². The molecule has 0 atom stereocenters. The minimum atomic E-state index is 1.05. The number of aromatic nitrogens is 3. The van der Waals surface area contributed by atoms with E-state index < -0.39 is 0 Å². The topological polar surface area (TPSA) is 21.9 Å². The van der Waals surface area contributed by atoms with Gasteiger partial charge in [0.15, 0.2) is 0 Å². The van der Waals surface area contributed by atoms with Crippen molar-refractivity contribution in [3.8, 4) is 0 Å². The second-order valence-corrected chi connectivity index (χ2v) is 5.29. The van der Waals surface area contributed by atoms with Crippen LogP contribution in [-0.4, -0.2) is 9.55 Å². The van der Waals surface area contributed by atoms with Gasteiger partial charge < -0.3 is 0 Å². The second-order valence-electron chi connectivity index (χ2n) is 4.05. The molecule has 82 valence electrons. The SMILES string of the molecule is CCc1c[n+]2cc3sc(C)nc3cc2n1C. The molecule has 0 aromatic carbocycles. The van der Waals surface area contributed by atoms with Crippen LogP contribution >= 0.6 is 11.3 Å². The summed E-state index contributed by atoms with van der Waals surface area (Å²) in [4.78, 5) is 4.53. The highest BCUT2D eigenvalue weighted by Crippen LogP contribution is 2.21. The molecule has 0 aliphatic heterocycles. The fourth-order valence-corrected chi connectivity index (χ4v) is 2.98. The maximum Gasteiger partial charge on any atom is 0.288 e. The minimum absolute atomic E-state index is 1.05. The number of aryl methyl sites for hydroxylation is 3. The van der Waals surface area contributed by atoms with E-state index >= 15 is 0 Å². The van der Waals surface area contributed by atoms with Crippen molar-refractivity contribution in [2.45, 2.75) is 20.3 Å².